The molecule has 4 rings (SSSR count). The van der Waals surface area contributed by atoms with Crippen molar-refractivity contribution in [2.45, 2.75) is 16.6 Å². The van der Waals surface area contributed by atoms with E-state index in [0.717, 1.165) is 10.6 Å². The maximum absolute atomic E-state index is 12.4. The fourth-order valence-electron chi connectivity index (χ4n) is 3.22. The summed E-state index contributed by atoms with van der Waals surface area (Å²) in [4.78, 5) is 49.9. The van der Waals surface area contributed by atoms with Crippen molar-refractivity contribution in [2.24, 2.45) is 0 Å². The second-order valence-electron chi connectivity index (χ2n) is 7.29. The summed E-state index contributed by atoms with van der Waals surface area (Å²) in [6, 6.07) is 22.2. The van der Waals surface area contributed by atoms with Gasteiger partial charge in [0.25, 0.3) is 0 Å². The van der Waals surface area contributed by atoms with E-state index < -0.39 is 11.2 Å². The van der Waals surface area contributed by atoms with E-state index in [9.17, 15) is 19.2 Å². The van der Waals surface area contributed by atoms with Crippen LogP contribution < -0.4 is 10.6 Å². The highest BCUT2D eigenvalue weighted by molar-refractivity contribution is 8.01. The Morgan fingerprint density at radius 3 is 2.33 bits per heavy atom. The number of para-hydroxylation sites is 1. The smallest absolute Gasteiger partial charge is 0.338 e. The maximum Gasteiger partial charge on any atom is 0.338 e. The van der Waals surface area contributed by atoms with Gasteiger partial charge in [0.1, 0.15) is 0 Å². The van der Waals surface area contributed by atoms with Crippen LogP contribution in [0.4, 0.5) is 11.4 Å². The largest absolute Gasteiger partial charge is 0.454 e. The first-order valence-corrected chi connectivity index (χ1v) is 11.1. The van der Waals surface area contributed by atoms with E-state index in [1.54, 1.807) is 42.5 Å². The maximum atomic E-state index is 12.4. The number of amides is 2. The quantitative estimate of drug-likeness (QED) is 0.405. The van der Waals surface area contributed by atoms with Gasteiger partial charge < -0.3 is 15.4 Å². The van der Waals surface area contributed by atoms with E-state index in [1.165, 1.54) is 23.9 Å². The van der Waals surface area contributed by atoms with Crippen LogP contribution in [0.15, 0.2) is 83.8 Å². The lowest BCUT2D eigenvalue weighted by Crippen LogP contribution is -2.32. The SMILES string of the molecule is O=C(CC1Sc2ccccc2NC1=O)Nc1ccc(C(=O)OCC(=O)c2ccccc2)cc1. The minimum Gasteiger partial charge on any atom is -0.454 e. The number of carbonyl (C=O) groups is 4. The molecule has 0 aliphatic carbocycles. The molecule has 33 heavy (non-hydrogen) atoms. The Hall–Kier alpha value is -3.91. The van der Waals surface area contributed by atoms with Crippen molar-refractivity contribution >= 4 is 46.7 Å². The van der Waals surface area contributed by atoms with Gasteiger partial charge in [-0.2, -0.15) is 0 Å². The van der Waals surface area contributed by atoms with E-state index in [1.807, 2.05) is 24.3 Å². The molecular formula is C25H20N2O5S. The number of ether oxygens (including phenoxy) is 1. The molecule has 0 aromatic heterocycles. The molecule has 1 aliphatic rings. The van der Waals surface area contributed by atoms with Crippen LogP contribution in [0.1, 0.15) is 27.1 Å². The van der Waals surface area contributed by atoms with Gasteiger partial charge in [-0.3, -0.25) is 14.4 Å². The molecule has 1 heterocycles. The molecule has 8 heteroatoms. The molecule has 0 saturated carbocycles. The number of thioether (sulfide) groups is 1. The second kappa shape index (κ2) is 10.1. The third kappa shape index (κ3) is 5.67. The van der Waals surface area contributed by atoms with Crippen LogP contribution in [0.3, 0.4) is 0 Å². The molecule has 2 amide bonds. The minimum absolute atomic E-state index is 0.0101. The molecule has 0 saturated heterocycles. The van der Waals surface area contributed by atoms with Crippen LogP contribution in [-0.2, 0) is 14.3 Å². The second-order valence-corrected chi connectivity index (χ2v) is 8.53. The lowest BCUT2D eigenvalue weighted by atomic mass is 10.1. The summed E-state index contributed by atoms with van der Waals surface area (Å²) in [6.45, 7) is -0.356. The molecule has 0 bridgehead atoms. The van der Waals surface area contributed by atoms with Crippen molar-refractivity contribution in [2.75, 3.05) is 17.2 Å². The van der Waals surface area contributed by atoms with Crippen molar-refractivity contribution in [1.82, 2.24) is 0 Å². The Labute approximate surface area is 194 Å². The molecule has 7 nitrogen and oxygen atoms in total. The molecule has 1 unspecified atom stereocenters. The van der Waals surface area contributed by atoms with Gasteiger partial charge >= 0.3 is 5.97 Å². The van der Waals surface area contributed by atoms with Gasteiger partial charge in [-0.15, -0.1) is 11.8 Å². The number of hydrogen-bond donors (Lipinski definition) is 2. The lowest BCUT2D eigenvalue weighted by Gasteiger charge is -2.23. The third-order valence-corrected chi connectivity index (χ3v) is 6.19. The standard InChI is InChI=1S/C25H20N2O5S/c28-20(16-6-2-1-3-7-16)15-32-25(31)17-10-12-18(13-11-17)26-23(29)14-22-24(30)27-19-8-4-5-9-21(19)33-22/h1-13,22H,14-15H2,(H,26,29)(H,27,30). The molecular weight excluding hydrogens is 440 g/mol. The van der Waals surface area contributed by atoms with Crippen LogP contribution in [0.5, 0.6) is 0 Å². The zero-order valence-corrected chi connectivity index (χ0v) is 18.3. The van der Waals surface area contributed by atoms with Gasteiger partial charge in [0.15, 0.2) is 12.4 Å². The number of ketones is 1. The average Bonchev–Trinajstić information content (AvgIpc) is 2.83. The highest BCUT2D eigenvalue weighted by atomic mass is 32.2. The van der Waals surface area contributed by atoms with Crippen LogP contribution in [-0.4, -0.2) is 35.4 Å². The van der Waals surface area contributed by atoms with Crippen LogP contribution in [0.25, 0.3) is 0 Å². The van der Waals surface area contributed by atoms with Crippen molar-refractivity contribution in [3.05, 3.63) is 90.0 Å². The Balaban J connectivity index is 1.28. The molecule has 166 valence electrons. The van der Waals surface area contributed by atoms with Crippen LogP contribution in [0, 0.1) is 0 Å². The summed E-state index contributed by atoms with van der Waals surface area (Å²) >= 11 is 1.35. The Morgan fingerprint density at radius 1 is 0.879 bits per heavy atom. The van der Waals surface area contributed by atoms with Crippen molar-refractivity contribution < 1.29 is 23.9 Å². The zero-order chi connectivity index (χ0) is 23.2. The number of Topliss-reactive ketones (excluding diaryl/α,β-unsaturated/α-hetero) is 1. The molecule has 3 aromatic carbocycles. The van der Waals surface area contributed by atoms with E-state index in [2.05, 4.69) is 10.6 Å². The van der Waals surface area contributed by atoms with E-state index in [-0.39, 0.29) is 36.2 Å². The molecule has 3 aromatic rings. The number of hydrogen-bond acceptors (Lipinski definition) is 6. The predicted octanol–water partition coefficient (Wildman–Crippen LogP) is 4.17. The Bertz CT molecular complexity index is 1190. The fourth-order valence-corrected chi connectivity index (χ4v) is 4.33. The molecule has 0 radical (unpaired) electrons. The molecule has 1 aliphatic heterocycles. The van der Waals surface area contributed by atoms with Gasteiger partial charge in [-0.05, 0) is 36.4 Å². The van der Waals surface area contributed by atoms with E-state index in [0.29, 0.717) is 11.3 Å². The van der Waals surface area contributed by atoms with Crippen molar-refractivity contribution in [3.63, 3.8) is 0 Å². The van der Waals surface area contributed by atoms with Crippen molar-refractivity contribution in [1.29, 1.82) is 0 Å². The van der Waals surface area contributed by atoms with Crippen LogP contribution >= 0.6 is 11.8 Å². The van der Waals surface area contributed by atoms with Crippen LogP contribution in [0.2, 0.25) is 0 Å². The number of carbonyl (C=O) groups excluding carboxylic acids is 4. The van der Waals surface area contributed by atoms with Gasteiger partial charge in [-0.1, -0.05) is 42.5 Å². The monoisotopic (exact) mass is 460 g/mol. The average molecular weight is 461 g/mol. The number of nitrogens with one attached hydrogen (secondary N) is 2. The molecule has 0 fully saturated rings. The van der Waals surface area contributed by atoms with Gasteiger partial charge in [0.05, 0.1) is 16.5 Å². The first-order valence-electron chi connectivity index (χ1n) is 10.2. The number of rotatable bonds is 7. The van der Waals surface area contributed by atoms with Crippen molar-refractivity contribution in [3.8, 4) is 0 Å². The summed E-state index contributed by atoms with van der Waals surface area (Å²) in [6.07, 6.45) is 0.0101. The highest BCUT2D eigenvalue weighted by Gasteiger charge is 2.28. The highest BCUT2D eigenvalue weighted by Crippen LogP contribution is 2.36. The van der Waals surface area contributed by atoms with Gasteiger partial charge in [0.2, 0.25) is 11.8 Å². The number of benzene rings is 3. The topological polar surface area (TPSA) is 102 Å². The Kier molecular flexibility index (Phi) is 6.85. The van der Waals surface area contributed by atoms with E-state index in [4.69, 9.17) is 4.74 Å². The number of anilines is 2. The lowest BCUT2D eigenvalue weighted by molar-refractivity contribution is -0.120. The number of esters is 1. The van der Waals surface area contributed by atoms with E-state index >= 15 is 0 Å². The summed E-state index contributed by atoms with van der Waals surface area (Å²) < 4.78 is 5.08. The predicted molar refractivity (Wildman–Crippen MR) is 125 cm³/mol. The molecule has 0 spiro atoms. The fraction of sp³-hybridized carbons (Fsp3) is 0.120. The molecule has 2 N–H and O–H groups in total. The summed E-state index contributed by atoms with van der Waals surface area (Å²) in [5.41, 5.74) is 1.96. The van der Waals surface area contributed by atoms with Gasteiger partial charge in [0, 0.05) is 22.6 Å². The zero-order valence-electron chi connectivity index (χ0n) is 17.4. The molecule has 1 atom stereocenters. The van der Waals surface area contributed by atoms with Gasteiger partial charge in [-0.25, -0.2) is 4.79 Å². The summed E-state index contributed by atoms with van der Waals surface area (Å²) in [5.74, 6) is -1.45. The minimum atomic E-state index is -0.633. The third-order valence-electron chi connectivity index (χ3n) is 4.91. The first kappa shape index (κ1) is 22.3. The Morgan fingerprint density at radius 2 is 1.58 bits per heavy atom. The normalized spacial score (nSPS) is 14.5. The summed E-state index contributed by atoms with van der Waals surface area (Å²) in [5, 5.41) is 5.02. The first-order chi connectivity index (χ1) is 16.0. The summed E-state index contributed by atoms with van der Waals surface area (Å²) in [7, 11) is 0. The number of fused-ring (bicyclic) bond motifs is 1.